The molecule has 1 aromatic carbocycles. The second kappa shape index (κ2) is 6.49. The molecule has 0 saturated carbocycles. The van der Waals surface area contributed by atoms with Crippen LogP contribution in [-0.2, 0) is 11.3 Å². The summed E-state index contributed by atoms with van der Waals surface area (Å²) in [6.45, 7) is 0.316. The zero-order valence-corrected chi connectivity index (χ0v) is 12.1. The minimum Gasteiger partial charge on any atom is -0.347 e. The van der Waals surface area contributed by atoms with Crippen molar-refractivity contribution >= 4 is 17.5 Å². The van der Waals surface area contributed by atoms with Gasteiger partial charge in [-0.05, 0) is 31.8 Å². The highest BCUT2D eigenvalue weighted by atomic mass is 35.5. The molecule has 1 aromatic heterocycles. The van der Waals surface area contributed by atoms with E-state index in [0.717, 1.165) is 5.56 Å². The van der Waals surface area contributed by atoms with Crippen LogP contribution in [0.25, 0.3) is 0 Å². The molecular formula is C13H16ClN5O. The number of nitrogens with one attached hydrogen (secondary N) is 2. The summed E-state index contributed by atoms with van der Waals surface area (Å²) >= 11 is 5.87. The first-order valence-corrected chi connectivity index (χ1v) is 6.49. The molecule has 0 bridgehead atoms. The first-order chi connectivity index (χ1) is 9.58. The van der Waals surface area contributed by atoms with E-state index in [9.17, 15) is 4.79 Å². The topological polar surface area (TPSA) is 73.9 Å². The van der Waals surface area contributed by atoms with Gasteiger partial charge in [-0.1, -0.05) is 23.7 Å². The lowest BCUT2D eigenvalue weighted by atomic mass is 10.1. The molecule has 0 aliphatic carbocycles. The normalized spacial score (nSPS) is 12.4. The lowest BCUT2D eigenvalue weighted by molar-refractivity contribution is -0.126. The maximum absolute atomic E-state index is 12.3. The summed E-state index contributed by atoms with van der Waals surface area (Å²) in [6.07, 6.45) is 1.41. The minimum atomic E-state index is -0.379. The van der Waals surface area contributed by atoms with Gasteiger partial charge in [-0.15, -0.1) is 0 Å². The molecule has 1 amide bonds. The lowest BCUT2D eigenvalue weighted by Gasteiger charge is -2.23. The highest BCUT2D eigenvalue weighted by molar-refractivity contribution is 6.30. The third-order valence-electron chi connectivity index (χ3n) is 2.85. The quantitative estimate of drug-likeness (QED) is 0.873. The van der Waals surface area contributed by atoms with E-state index in [2.05, 4.69) is 20.5 Å². The van der Waals surface area contributed by atoms with E-state index in [-0.39, 0.29) is 11.9 Å². The average Bonchev–Trinajstić information content (AvgIpc) is 2.92. The Kier molecular flexibility index (Phi) is 4.70. The monoisotopic (exact) mass is 293 g/mol. The van der Waals surface area contributed by atoms with Gasteiger partial charge in [-0.25, -0.2) is 4.98 Å². The van der Waals surface area contributed by atoms with Crippen LogP contribution in [-0.4, -0.2) is 40.1 Å². The number of carbonyl (C=O) groups excluding carboxylic acids is 1. The van der Waals surface area contributed by atoms with Crippen LogP contribution in [0.5, 0.6) is 0 Å². The number of halogens is 1. The molecule has 0 aliphatic rings. The molecule has 0 spiro atoms. The maximum Gasteiger partial charge on any atom is 0.242 e. The predicted molar refractivity (Wildman–Crippen MR) is 76.1 cm³/mol. The maximum atomic E-state index is 12.3. The second-order valence-corrected chi connectivity index (χ2v) is 5.00. The molecule has 7 heteroatoms. The summed E-state index contributed by atoms with van der Waals surface area (Å²) in [5.41, 5.74) is 0.884. The molecule has 2 aromatic rings. The number of rotatable bonds is 5. The molecule has 106 valence electrons. The van der Waals surface area contributed by atoms with Crippen molar-refractivity contribution in [2.24, 2.45) is 0 Å². The van der Waals surface area contributed by atoms with Crippen LogP contribution in [0.3, 0.4) is 0 Å². The number of H-pyrrole nitrogens is 1. The Labute approximate surface area is 122 Å². The van der Waals surface area contributed by atoms with Crippen LogP contribution in [0.1, 0.15) is 17.4 Å². The van der Waals surface area contributed by atoms with Crippen molar-refractivity contribution in [3.05, 3.63) is 47.0 Å². The number of aromatic nitrogens is 3. The molecular weight excluding hydrogens is 278 g/mol. The molecule has 1 unspecified atom stereocenters. The zero-order valence-electron chi connectivity index (χ0n) is 11.3. The SMILES string of the molecule is CN(C)C(C(=O)NCc1ncn[nH]1)c1ccc(Cl)cc1. The molecule has 0 aliphatic heterocycles. The summed E-state index contributed by atoms with van der Waals surface area (Å²) in [7, 11) is 3.71. The summed E-state index contributed by atoms with van der Waals surface area (Å²) in [4.78, 5) is 18.1. The van der Waals surface area contributed by atoms with E-state index in [4.69, 9.17) is 11.6 Å². The van der Waals surface area contributed by atoms with Crippen molar-refractivity contribution in [3.63, 3.8) is 0 Å². The Hall–Kier alpha value is -1.92. The zero-order chi connectivity index (χ0) is 14.5. The average molecular weight is 294 g/mol. The molecule has 0 saturated heterocycles. The lowest BCUT2D eigenvalue weighted by Crippen LogP contribution is -2.36. The summed E-state index contributed by atoms with van der Waals surface area (Å²) < 4.78 is 0. The van der Waals surface area contributed by atoms with Crippen LogP contribution in [0.15, 0.2) is 30.6 Å². The fraction of sp³-hybridized carbons (Fsp3) is 0.308. The van der Waals surface area contributed by atoms with E-state index in [1.807, 2.05) is 31.1 Å². The highest BCUT2D eigenvalue weighted by Crippen LogP contribution is 2.20. The van der Waals surface area contributed by atoms with Gasteiger partial charge in [0.15, 0.2) is 0 Å². The Morgan fingerprint density at radius 2 is 2.10 bits per heavy atom. The first-order valence-electron chi connectivity index (χ1n) is 6.12. The Morgan fingerprint density at radius 3 is 2.65 bits per heavy atom. The van der Waals surface area contributed by atoms with Gasteiger partial charge in [0.05, 0.1) is 6.54 Å². The van der Waals surface area contributed by atoms with Gasteiger partial charge in [0.1, 0.15) is 18.2 Å². The van der Waals surface area contributed by atoms with Crippen molar-refractivity contribution in [2.45, 2.75) is 12.6 Å². The Bertz CT molecular complexity index is 553. The molecule has 20 heavy (non-hydrogen) atoms. The Balaban J connectivity index is 2.08. The van der Waals surface area contributed by atoms with Crippen LogP contribution in [0.2, 0.25) is 5.02 Å². The number of carbonyl (C=O) groups is 1. The van der Waals surface area contributed by atoms with Crippen molar-refractivity contribution < 1.29 is 4.79 Å². The van der Waals surface area contributed by atoms with E-state index in [1.165, 1.54) is 6.33 Å². The van der Waals surface area contributed by atoms with Crippen LogP contribution in [0, 0.1) is 0 Å². The first kappa shape index (κ1) is 14.5. The van der Waals surface area contributed by atoms with Crippen molar-refractivity contribution in [2.75, 3.05) is 14.1 Å². The molecule has 2 N–H and O–H groups in total. The third-order valence-corrected chi connectivity index (χ3v) is 3.10. The molecule has 1 atom stereocenters. The number of benzene rings is 1. The fourth-order valence-corrected chi connectivity index (χ4v) is 2.04. The number of hydrogen-bond donors (Lipinski definition) is 2. The van der Waals surface area contributed by atoms with Gasteiger partial charge in [-0.2, -0.15) is 5.10 Å². The number of likely N-dealkylation sites (N-methyl/N-ethyl adjacent to an activating group) is 1. The fourth-order valence-electron chi connectivity index (χ4n) is 1.91. The Morgan fingerprint density at radius 1 is 1.40 bits per heavy atom. The molecule has 0 fully saturated rings. The highest BCUT2D eigenvalue weighted by Gasteiger charge is 2.22. The third kappa shape index (κ3) is 3.55. The van der Waals surface area contributed by atoms with E-state index in [0.29, 0.717) is 17.4 Å². The van der Waals surface area contributed by atoms with Gasteiger partial charge >= 0.3 is 0 Å². The van der Waals surface area contributed by atoms with Gasteiger partial charge < -0.3 is 5.32 Å². The molecule has 6 nitrogen and oxygen atoms in total. The summed E-state index contributed by atoms with van der Waals surface area (Å²) in [5.74, 6) is 0.515. The van der Waals surface area contributed by atoms with Gasteiger partial charge in [-0.3, -0.25) is 14.8 Å². The number of aromatic amines is 1. The van der Waals surface area contributed by atoms with Crippen LogP contribution < -0.4 is 5.32 Å². The van der Waals surface area contributed by atoms with Gasteiger partial charge in [0.2, 0.25) is 5.91 Å². The van der Waals surface area contributed by atoms with Crippen molar-refractivity contribution in [1.82, 2.24) is 25.4 Å². The van der Waals surface area contributed by atoms with Crippen molar-refractivity contribution in [1.29, 1.82) is 0 Å². The van der Waals surface area contributed by atoms with Crippen LogP contribution in [0.4, 0.5) is 0 Å². The number of nitrogens with zero attached hydrogens (tertiary/aromatic N) is 3. The smallest absolute Gasteiger partial charge is 0.242 e. The van der Waals surface area contributed by atoms with Crippen molar-refractivity contribution in [3.8, 4) is 0 Å². The van der Waals surface area contributed by atoms with E-state index >= 15 is 0 Å². The molecule has 2 rings (SSSR count). The summed E-state index contributed by atoms with van der Waals surface area (Å²) in [6, 6.07) is 6.87. The second-order valence-electron chi connectivity index (χ2n) is 4.57. The van der Waals surface area contributed by atoms with Gasteiger partial charge in [0.25, 0.3) is 0 Å². The van der Waals surface area contributed by atoms with E-state index in [1.54, 1.807) is 12.1 Å². The molecule has 0 radical (unpaired) electrons. The van der Waals surface area contributed by atoms with Gasteiger partial charge in [0, 0.05) is 5.02 Å². The minimum absolute atomic E-state index is 0.103. The largest absolute Gasteiger partial charge is 0.347 e. The predicted octanol–water partition coefficient (Wildman–Crippen LogP) is 1.38. The summed E-state index contributed by atoms with van der Waals surface area (Å²) in [5, 5.41) is 9.92. The van der Waals surface area contributed by atoms with Crippen LogP contribution >= 0.6 is 11.6 Å². The number of hydrogen-bond acceptors (Lipinski definition) is 4. The standard InChI is InChI=1S/C13H16ClN5O/c1-19(2)12(9-3-5-10(14)6-4-9)13(20)15-7-11-16-8-17-18-11/h3-6,8,12H,7H2,1-2H3,(H,15,20)(H,16,17,18). The molecule has 1 heterocycles. The number of amides is 1. The van der Waals surface area contributed by atoms with E-state index < -0.39 is 0 Å².